The summed E-state index contributed by atoms with van der Waals surface area (Å²) in [5, 5.41) is 0.661. The second-order valence-electron chi connectivity index (χ2n) is 8.84. The fourth-order valence-electron chi connectivity index (χ4n) is 5.73. The molecule has 0 radical (unpaired) electrons. The highest BCUT2D eigenvalue weighted by Crippen LogP contribution is 2.64. The van der Waals surface area contributed by atoms with Crippen LogP contribution in [0.2, 0.25) is 5.02 Å². The van der Waals surface area contributed by atoms with Gasteiger partial charge in [-0.1, -0.05) is 23.7 Å². The molecule has 4 aliphatic rings. The van der Waals surface area contributed by atoms with Gasteiger partial charge in [0.25, 0.3) is 5.91 Å². The smallest absolute Gasteiger partial charge is 0.312 e. The second kappa shape index (κ2) is 6.97. The van der Waals surface area contributed by atoms with Crippen LogP contribution in [-0.2, 0) is 20.9 Å². The molecule has 146 valence electrons. The number of nitrogens with zero attached hydrogens (tertiary/aromatic N) is 1. The normalized spacial score (nSPS) is 33.7. The van der Waals surface area contributed by atoms with Crippen LogP contribution < -0.4 is 0 Å². The molecule has 1 amide bonds. The number of likely N-dealkylation sites (N-methyl/N-ethyl adjacent to an activating group) is 1. The van der Waals surface area contributed by atoms with Crippen LogP contribution in [0.4, 0.5) is 0 Å². The quantitative estimate of drug-likeness (QED) is 0.533. The van der Waals surface area contributed by atoms with E-state index in [4.69, 9.17) is 27.9 Å². The lowest BCUT2D eigenvalue weighted by Crippen LogP contribution is -2.56. The van der Waals surface area contributed by atoms with Crippen LogP contribution in [0, 0.1) is 17.3 Å². The molecule has 0 aliphatic heterocycles. The lowest BCUT2D eigenvalue weighted by molar-refractivity contribution is -0.173. The molecule has 1 aromatic rings. The zero-order valence-corrected chi connectivity index (χ0v) is 17.1. The van der Waals surface area contributed by atoms with Crippen molar-refractivity contribution in [2.24, 2.45) is 17.3 Å². The van der Waals surface area contributed by atoms with E-state index in [9.17, 15) is 9.59 Å². The number of ether oxygens (including phenoxy) is 1. The Bertz CT molecular complexity index is 734. The van der Waals surface area contributed by atoms with Crippen molar-refractivity contribution in [2.75, 3.05) is 13.7 Å². The van der Waals surface area contributed by atoms with Crippen LogP contribution in [0.25, 0.3) is 0 Å². The molecule has 4 atom stereocenters. The van der Waals surface area contributed by atoms with E-state index >= 15 is 0 Å². The minimum atomic E-state index is -0.471. The number of rotatable bonds is 5. The van der Waals surface area contributed by atoms with Gasteiger partial charge < -0.3 is 9.64 Å². The van der Waals surface area contributed by atoms with Gasteiger partial charge in [-0.05, 0) is 68.1 Å². The lowest BCUT2D eigenvalue weighted by atomic mass is 9.49. The first kappa shape index (κ1) is 19.1. The van der Waals surface area contributed by atoms with E-state index in [2.05, 4.69) is 0 Å². The predicted octanol–water partition coefficient (Wildman–Crippen LogP) is 4.42. The zero-order valence-electron chi connectivity index (χ0n) is 15.5. The number of carbonyl (C=O) groups is 2. The Labute approximate surface area is 170 Å². The Morgan fingerprint density at radius 1 is 1.15 bits per heavy atom. The minimum Gasteiger partial charge on any atom is -0.455 e. The largest absolute Gasteiger partial charge is 0.455 e. The number of hydrogen-bond donors (Lipinski definition) is 0. The monoisotopic (exact) mass is 409 g/mol. The fourth-order valence-corrected chi connectivity index (χ4v) is 6.55. The number of esters is 1. The van der Waals surface area contributed by atoms with Crippen molar-refractivity contribution in [3.63, 3.8) is 0 Å². The average Bonchev–Trinajstić information content (AvgIpc) is 2.59. The molecule has 27 heavy (non-hydrogen) atoms. The average molecular weight is 410 g/mol. The maximum atomic E-state index is 12.9. The van der Waals surface area contributed by atoms with E-state index in [1.165, 1.54) is 6.42 Å². The first-order valence-electron chi connectivity index (χ1n) is 9.62. The molecule has 4 aliphatic carbocycles. The summed E-state index contributed by atoms with van der Waals surface area (Å²) >= 11 is 12.7. The third-order valence-electron chi connectivity index (χ3n) is 6.51. The molecule has 4 saturated carbocycles. The van der Waals surface area contributed by atoms with Gasteiger partial charge in [0.1, 0.15) is 0 Å². The molecular weight excluding hydrogens is 385 g/mol. The van der Waals surface area contributed by atoms with Gasteiger partial charge in [0.15, 0.2) is 6.61 Å². The molecule has 6 heteroatoms. The number of alkyl halides is 1. The van der Waals surface area contributed by atoms with Crippen LogP contribution in [0.15, 0.2) is 24.3 Å². The Kier molecular flexibility index (Phi) is 4.92. The highest BCUT2D eigenvalue weighted by molar-refractivity contribution is 6.30. The second-order valence-corrected chi connectivity index (χ2v) is 10.1. The number of amides is 1. The highest BCUT2D eigenvalue weighted by atomic mass is 35.5. The molecule has 1 aromatic carbocycles. The van der Waals surface area contributed by atoms with Gasteiger partial charge in [-0.25, -0.2) is 0 Å². The standard InChI is InChI=1S/C21H25Cl2NO3/c1-24(11-14-2-4-17(22)5-3-14)18(25)12-27-19(26)20-7-15-6-16(8-20)10-21(23,9-15)13-20/h2-5,15-16H,6-13H2,1H3/t15-,16+,20?,21?. The van der Waals surface area contributed by atoms with E-state index in [0.717, 1.165) is 31.2 Å². The van der Waals surface area contributed by atoms with Crippen LogP contribution >= 0.6 is 23.2 Å². The predicted molar refractivity (Wildman–Crippen MR) is 105 cm³/mol. The van der Waals surface area contributed by atoms with Gasteiger partial charge >= 0.3 is 5.97 Å². The van der Waals surface area contributed by atoms with E-state index in [1.807, 2.05) is 12.1 Å². The Hall–Kier alpha value is -1.26. The number of hydrogen-bond acceptors (Lipinski definition) is 3. The summed E-state index contributed by atoms with van der Waals surface area (Å²) in [5.74, 6) is 0.623. The van der Waals surface area contributed by atoms with Gasteiger partial charge in [0.05, 0.1) is 5.41 Å². The van der Waals surface area contributed by atoms with Crippen molar-refractivity contribution in [3.8, 4) is 0 Å². The number of halogens is 2. The van der Waals surface area contributed by atoms with Gasteiger partial charge in [-0.2, -0.15) is 0 Å². The van der Waals surface area contributed by atoms with Crippen molar-refractivity contribution >= 4 is 35.1 Å². The molecule has 0 heterocycles. The lowest BCUT2D eigenvalue weighted by Gasteiger charge is -2.58. The molecule has 0 aromatic heterocycles. The van der Waals surface area contributed by atoms with Gasteiger partial charge in [0, 0.05) is 23.5 Å². The van der Waals surface area contributed by atoms with E-state index in [-0.39, 0.29) is 23.4 Å². The summed E-state index contributed by atoms with van der Waals surface area (Å²) in [4.78, 5) is 26.6. The third kappa shape index (κ3) is 3.84. The minimum absolute atomic E-state index is 0.205. The SMILES string of the molecule is CN(Cc1ccc(Cl)cc1)C(=O)COC(=O)C12C[C@@H]3C[C@@H](CC(Cl)(C3)C1)C2. The van der Waals surface area contributed by atoms with E-state index in [0.29, 0.717) is 29.8 Å². The first-order chi connectivity index (χ1) is 12.8. The molecule has 4 nitrogen and oxygen atoms in total. The van der Waals surface area contributed by atoms with Crippen molar-refractivity contribution in [2.45, 2.75) is 49.9 Å². The van der Waals surface area contributed by atoms with Crippen LogP contribution in [-0.4, -0.2) is 35.3 Å². The first-order valence-corrected chi connectivity index (χ1v) is 10.4. The molecule has 5 rings (SSSR count). The van der Waals surface area contributed by atoms with Gasteiger partial charge in [0.2, 0.25) is 0 Å². The summed E-state index contributed by atoms with van der Waals surface area (Å²) in [6.45, 7) is 0.239. The van der Waals surface area contributed by atoms with Crippen molar-refractivity contribution < 1.29 is 14.3 Å². The van der Waals surface area contributed by atoms with Gasteiger partial charge in [-0.15, -0.1) is 11.6 Å². The molecule has 0 spiro atoms. The maximum absolute atomic E-state index is 12.9. The topological polar surface area (TPSA) is 46.6 Å². The molecule has 0 saturated heterocycles. The Morgan fingerprint density at radius 3 is 2.37 bits per heavy atom. The number of carbonyl (C=O) groups excluding carboxylic acids is 2. The molecule has 4 fully saturated rings. The Balaban J connectivity index is 1.33. The molecular formula is C21H25Cl2NO3. The third-order valence-corrected chi connectivity index (χ3v) is 7.20. The summed E-state index contributed by atoms with van der Waals surface area (Å²) in [5.41, 5.74) is 0.507. The Morgan fingerprint density at radius 2 is 1.78 bits per heavy atom. The molecule has 4 bridgehead atoms. The summed E-state index contributed by atoms with van der Waals surface area (Å²) in [6.07, 6.45) is 5.65. The van der Waals surface area contributed by atoms with Crippen LogP contribution in [0.5, 0.6) is 0 Å². The van der Waals surface area contributed by atoms with Crippen molar-refractivity contribution in [3.05, 3.63) is 34.9 Å². The number of benzene rings is 1. The highest BCUT2D eigenvalue weighted by Gasteiger charge is 2.60. The fraction of sp³-hybridized carbons (Fsp3) is 0.619. The van der Waals surface area contributed by atoms with Crippen LogP contribution in [0.3, 0.4) is 0 Å². The van der Waals surface area contributed by atoms with Crippen molar-refractivity contribution in [1.29, 1.82) is 0 Å². The molecule has 2 unspecified atom stereocenters. The molecule has 0 N–H and O–H groups in total. The van der Waals surface area contributed by atoms with Crippen molar-refractivity contribution in [1.82, 2.24) is 4.90 Å². The summed E-state index contributed by atoms with van der Waals surface area (Å²) in [7, 11) is 1.71. The summed E-state index contributed by atoms with van der Waals surface area (Å²) < 4.78 is 5.50. The van der Waals surface area contributed by atoms with Gasteiger partial charge in [-0.3, -0.25) is 9.59 Å². The summed E-state index contributed by atoms with van der Waals surface area (Å²) in [6, 6.07) is 7.36. The zero-order chi connectivity index (χ0) is 19.2. The maximum Gasteiger partial charge on any atom is 0.312 e. The van der Waals surface area contributed by atoms with Crippen LogP contribution in [0.1, 0.15) is 44.1 Å². The van der Waals surface area contributed by atoms with E-state index < -0.39 is 5.41 Å². The van der Waals surface area contributed by atoms with E-state index in [1.54, 1.807) is 24.1 Å².